The van der Waals surface area contributed by atoms with E-state index < -0.39 is 5.41 Å². The van der Waals surface area contributed by atoms with Crippen molar-refractivity contribution < 1.29 is 9.53 Å². The zero-order valence-electron chi connectivity index (χ0n) is 9.41. The van der Waals surface area contributed by atoms with E-state index in [0.717, 1.165) is 17.7 Å². The summed E-state index contributed by atoms with van der Waals surface area (Å²) in [5.74, 6) is 0.719. The molecular formula is C13H13NO2. The normalized spacial score (nSPS) is 13.8. The molecule has 2 rings (SSSR count). The highest BCUT2D eigenvalue weighted by molar-refractivity contribution is 6.02. The Morgan fingerprint density at radius 3 is 2.94 bits per heavy atom. The third kappa shape index (κ3) is 1.67. The van der Waals surface area contributed by atoms with Crippen molar-refractivity contribution in [2.45, 2.75) is 20.3 Å². The summed E-state index contributed by atoms with van der Waals surface area (Å²) in [7, 11) is 0. The first-order valence-corrected chi connectivity index (χ1v) is 5.26. The van der Waals surface area contributed by atoms with Gasteiger partial charge < -0.3 is 4.74 Å². The quantitative estimate of drug-likeness (QED) is 0.711. The molecule has 82 valence electrons. The number of carbonyl (C=O) groups is 1. The van der Waals surface area contributed by atoms with Crippen LogP contribution in [0.2, 0.25) is 0 Å². The van der Waals surface area contributed by atoms with Crippen molar-refractivity contribution in [2.75, 3.05) is 6.61 Å². The largest absolute Gasteiger partial charge is 0.493 e. The van der Waals surface area contributed by atoms with Crippen LogP contribution in [0.15, 0.2) is 18.2 Å². The summed E-state index contributed by atoms with van der Waals surface area (Å²) in [6.45, 7) is 3.95. The smallest absolute Gasteiger partial charge is 0.182 e. The van der Waals surface area contributed by atoms with Crippen molar-refractivity contribution in [3.8, 4) is 11.8 Å². The fraction of sp³-hybridized carbons (Fsp3) is 0.385. The molecule has 1 aliphatic rings. The van der Waals surface area contributed by atoms with Gasteiger partial charge in [-0.05, 0) is 37.6 Å². The highest BCUT2D eigenvalue weighted by atomic mass is 16.5. The van der Waals surface area contributed by atoms with E-state index in [9.17, 15) is 4.79 Å². The molecule has 0 saturated heterocycles. The molecule has 0 aromatic heterocycles. The van der Waals surface area contributed by atoms with E-state index in [1.807, 2.05) is 18.2 Å². The SMILES string of the molecule is CC(C)(C#N)C(=O)c1ccc2c(c1)CCO2. The van der Waals surface area contributed by atoms with Crippen molar-refractivity contribution in [1.29, 1.82) is 5.26 Å². The molecule has 0 N–H and O–H groups in total. The number of nitriles is 1. The standard InChI is InChI=1S/C13H13NO2/c1-13(2,8-14)12(15)10-3-4-11-9(7-10)5-6-16-11/h3-4,7H,5-6H2,1-2H3. The number of rotatable bonds is 2. The molecule has 1 aromatic carbocycles. The van der Waals surface area contributed by atoms with E-state index in [2.05, 4.69) is 0 Å². The summed E-state index contributed by atoms with van der Waals surface area (Å²) in [6.07, 6.45) is 0.837. The Morgan fingerprint density at radius 1 is 1.50 bits per heavy atom. The molecule has 1 heterocycles. The van der Waals surface area contributed by atoms with Gasteiger partial charge in [-0.1, -0.05) is 0 Å². The van der Waals surface area contributed by atoms with E-state index in [1.165, 1.54) is 0 Å². The third-order valence-electron chi connectivity index (χ3n) is 2.80. The van der Waals surface area contributed by atoms with Gasteiger partial charge in [0.15, 0.2) is 5.78 Å². The van der Waals surface area contributed by atoms with Crippen LogP contribution >= 0.6 is 0 Å². The van der Waals surface area contributed by atoms with Gasteiger partial charge in [0.25, 0.3) is 0 Å². The summed E-state index contributed by atoms with van der Waals surface area (Å²) < 4.78 is 5.37. The van der Waals surface area contributed by atoms with Gasteiger partial charge in [-0.3, -0.25) is 4.79 Å². The molecule has 16 heavy (non-hydrogen) atoms. The Kier molecular flexibility index (Phi) is 2.43. The molecule has 0 radical (unpaired) electrons. The molecule has 0 unspecified atom stereocenters. The molecule has 1 aliphatic heterocycles. The van der Waals surface area contributed by atoms with E-state index in [-0.39, 0.29) is 5.78 Å². The van der Waals surface area contributed by atoms with Gasteiger partial charge in [-0.25, -0.2) is 0 Å². The summed E-state index contributed by atoms with van der Waals surface area (Å²) in [6, 6.07) is 7.40. The van der Waals surface area contributed by atoms with Crippen molar-refractivity contribution in [3.05, 3.63) is 29.3 Å². The molecule has 0 amide bonds. The highest BCUT2D eigenvalue weighted by Gasteiger charge is 2.29. The first-order valence-electron chi connectivity index (χ1n) is 5.26. The zero-order valence-corrected chi connectivity index (χ0v) is 9.41. The maximum atomic E-state index is 12.0. The topological polar surface area (TPSA) is 50.1 Å². The van der Waals surface area contributed by atoms with Gasteiger partial charge in [0, 0.05) is 12.0 Å². The molecule has 0 bridgehead atoms. The Bertz CT molecular complexity index is 483. The van der Waals surface area contributed by atoms with Gasteiger partial charge in [-0.15, -0.1) is 0 Å². The number of carbonyl (C=O) groups excluding carboxylic acids is 1. The Labute approximate surface area is 94.6 Å². The van der Waals surface area contributed by atoms with Crippen molar-refractivity contribution >= 4 is 5.78 Å². The Morgan fingerprint density at radius 2 is 2.25 bits per heavy atom. The number of ether oxygens (including phenoxy) is 1. The van der Waals surface area contributed by atoms with E-state index in [1.54, 1.807) is 19.9 Å². The van der Waals surface area contributed by atoms with Crippen LogP contribution in [0, 0.1) is 16.7 Å². The van der Waals surface area contributed by atoms with Crippen molar-refractivity contribution in [3.63, 3.8) is 0 Å². The summed E-state index contributed by atoms with van der Waals surface area (Å²) >= 11 is 0. The number of hydrogen-bond acceptors (Lipinski definition) is 3. The predicted octanol–water partition coefficient (Wildman–Crippen LogP) is 2.35. The second-order valence-corrected chi connectivity index (χ2v) is 4.49. The van der Waals surface area contributed by atoms with E-state index in [4.69, 9.17) is 10.00 Å². The molecule has 0 aliphatic carbocycles. The molecule has 0 spiro atoms. The van der Waals surface area contributed by atoms with Crippen LogP contribution in [-0.4, -0.2) is 12.4 Å². The van der Waals surface area contributed by atoms with Crippen LogP contribution in [0.25, 0.3) is 0 Å². The monoisotopic (exact) mass is 215 g/mol. The molecular weight excluding hydrogens is 202 g/mol. The Hall–Kier alpha value is -1.82. The second kappa shape index (κ2) is 3.64. The average Bonchev–Trinajstić information content (AvgIpc) is 2.74. The average molecular weight is 215 g/mol. The van der Waals surface area contributed by atoms with Crippen LogP contribution in [0.5, 0.6) is 5.75 Å². The number of fused-ring (bicyclic) bond motifs is 1. The van der Waals surface area contributed by atoms with Crippen LogP contribution in [0.4, 0.5) is 0 Å². The molecule has 3 heteroatoms. The lowest BCUT2D eigenvalue weighted by Crippen LogP contribution is -2.22. The molecule has 3 nitrogen and oxygen atoms in total. The Balaban J connectivity index is 2.36. The van der Waals surface area contributed by atoms with Crippen molar-refractivity contribution in [2.24, 2.45) is 5.41 Å². The number of nitrogens with zero attached hydrogens (tertiary/aromatic N) is 1. The van der Waals surface area contributed by atoms with Gasteiger partial charge in [-0.2, -0.15) is 5.26 Å². The minimum absolute atomic E-state index is 0.135. The van der Waals surface area contributed by atoms with Crippen LogP contribution < -0.4 is 4.74 Å². The highest BCUT2D eigenvalue weighted by Crippen LogP contribution is 2.28. The maximum Gasteiger partial charge on any atom is 0.182 e. The first kappa shape index (κ1) is 10.7. The van der Waals surface area contributed by atoms with Gasteiger partial charge in [0.1, 0.15) is 11.2 Å². The molecule has 0 atom stereocenters. The number of Topliss-reactive ketones (excluding diaryl/α,β-unsaturated/α-hetero) is 1. The molecule has 0 saturated carbocycles. The third-order valence-corrected chi connectivity index (χ3v) is 2.80. The van der Waals surface area contributed by atoms with Gasteiger partial charge >= 0.3 is 0 Å². The lowest BCUT2D eigenvalue weighted by Gasteiger charge is -2.13. The molecule has 0 fully saturated rings. The fourth-order valence-electron chi connectivity index (χ4n) is 1.74. The second-order valence-electron chi connectivity index (χ2n) is 4.49. The molecule has 1 aromatic rings. The lowest BCUT2D eigenvalue weighted by molar-refractivity contribution is 0.0892. The predicted molar refractivity (Wildman–Crippen MR) is 59.4 cm³/mol. The van der Waals surface area contributed by atoms with Crippen LogP contribution in [0.3, 0.4) is 0 Å². The van der Waals surface area contributed by atoms with Gasteiger partial charge in [0.05, 0.1) is 12.7 Å². The number of benzene rings is 1. The first-order chi connectivity index (χ1) is 7.54. The number of ketones is 1. The summed E-state index contributed by atoms with van der Waals surface area (Å²) in [5.41, 5.74) is 0.684. The van der Waals surface area contributed by atoms with Crippen molar-refractivity contribution in [1.82, 2.24) is 0 Å². The van der Waals surface area contributed by atoms with Crippen LogP contribution in [-0.2, 0) is 6.42 Å². The summed E-state index contributed by atoms with van der Waals surface area (Å²) in [5, 5.41) is 8.92. The van der Waals surface area contributed by atoms with Gasteiger partial charge in [0.2, 0.25) is 0 Å². The van der Waals surface area contributed by atoms with E-state index >= 15 is 0 Å². The van der Waals surface area contributed by atoms with E-state index in [0.29, 0.717) is 12.2 Å². The zero-order chi connectivity index (χ0) is 11.8. The lowest BCUT2D eigenvalue weighted by atomic mass is 9.85. The minimum atomic E-state index is -0.965. The number of hydrogen-bond donors (Lipinski definition) is 0. The fourth-order valence-corrected chi connectivity index (χ4v) is 1.74. The minimum Gasteiger partial charge on any atom is -0.493 e. The van der Waals surface area contributed by atoms with Crippen LogP contribution in [0.1, 0.15) is 29.8 Å². The maximum absolute atomic E-state index is 12.0. The summed E-state index contributed by atoms with van der Waals surface area (Å²) in [4.78, 5) is 12.0.